The summed E-state index contributed by atoms with van der Waals surface area (Å²) in [7, 11) is 0. The monoisotopic (exact) mass is 226 g/mol. The highest BCUT2D eigenvalue weighted by molar-refractivity contribution is 5.73. The summed E-state index contributed by atoms with van der Waals surface area (Å²) >= 11 is 0. The molecule has 2 aliphatic heterocycles. The van der Waals surface area contributed by atoms with Crippen molar-refractivity contribution in [3.8, 4) is 0 Å². The molecule has 16 heavy (non-hydrogen) atoms. The van der Waals surface area contributed by atoms with Crippen LogP contribution in [0.3, 0.4) is 0 Å². The van der Waals surface area contributed by atoms with Crippen LogP contribution in [0.15, 0.2) is 0 Å². The van der Waals surface area contributed by atoms with Gasteiger partial charge < -0.3 is 9.80 Å². The Hall–Kier alpha value is -1.06. The molecule has 92 valence electrons. The molecule has 0 unspecified atom stereocenters. The maximum atomic E-state index is 10.6. The van der Waals surface area contributed by atoms with Crippen LogP contribution < -0.4 is 0 Å². The molecule has 2 heterocycles. The van der Waals surface area contributed by atoms with E-state index in [9.17, 15) is 9.59 Å². The summed E-state index contributed by atoms with van der Waals surface area (Å²) in [6.07, 6.45) is 4.78. The normalized spacial score (nSPS) is 19.4. The van der Waals surface area contributed by atoms with E-state index in [1.807, 2.05) is 9.80 Å². The molecule has 0 spiro atoms. The zero-order valence-corrected chi connectivity index (χ0v) is 10.4. The van der Waals surface area contributed by atoms with Gasteiger partial charge in [-0.2, -0.15) is 0 Å². The summed E-state index contributed by atoms with van der Waals surface area (Å²) in [6, 6.07) is 0. The summed E-state index contributed by atoms with van der Waals surface area (Å²) in [5, 5.41) is 0. The lowest BCUT2D eigenvalue weighted by molar-refractivity contribution is -0.128. The Morgan fingerprint density at radius 1 is 0.688 bits per heavy atom. The van der Waals surface area contributed by atoms with Crippen LogP contribution in [0.25, 0.3) is 0 Å². The topological polar surface area (TPSA) is 40.6 Å². The number of carbonyl (C=O) groups is 2. The number of likely N-dealkylation sites (tertiary alicyclic amines) is 2. The molecule has 2 fully saturated rings. The highest BCUT2D eigenvalue weighted by Gasteiger charge is 2.13. The Morgan fingerprint density at radius 3 is 1.06 bits per heavy atom. The highest BCUT2D eigenvalue weighted by Crippen LogP contribution is 2.06. The van der Waals surface area contributed by atoms with E-state index in [4.69, 9.17) is 0 Å². The Balaban J connectivity index is 0.000000160. The second kappa shape index (κ2) is 6.51. The van der Waals surface area contributed by atoms with Gasteiger partial charge in [0.15, 0.2) is 0 Å². The van der Waals surface area contributed by atoms with Gasteiger partial charge in [-0.3, -0.25) is 9.59 Å². The first-order chi connectivity index (χ1) is 7.61. The van der Waals surface area contributed by atoms with Crippen molar-refractivity contribution < 1.29 is 9.59 Å². The fourth-order valence-corrected chi connectivity index (χ4v) is 2.06. The van der Waals surface area contributed by atoms with Gasteiger partial charge in [0.05, 0.1) is 0 Å². The standard InChI is InChI=1S/2C6H11NO/c2*1-6(8)7-4-2-3-5-7/h2*2-5H2,1H3. The number of nitrogens with zero attached hydrogens (tertiary/aromatic N) is 2. The Bertz CT molecular complexity index is 215. The van der Waals surface area contributed by atoms with Crippen LogP contribution in [0, 0.1) is 0 Å². The molecule has 4 heteroatoms. The van der Waals surface area contributed by atoms with Gasteiger partial charge in [-0.05, 0) is 25.7 Å². The average Bonchev–Trinajstić information content (AvgIpc) is 2.93. The molecular weight excluding hydrogens is 204 g/mol. The molecule has 0 atom stereocenters. The second-order valence-corrected chi connectivity index (χ2v) is 4.43. The molecule has 0 N–H and O–H groups in total. The molecule has 2 rings (SSSR count). The zero-order valence-electron chi connectivity index (χ0n) is 10.4. The van der Waals surface area contributed by atoms with E-state index in [1.165, 1.54) is 25.7 Å². The van der Waals surface area contributed by atoms with Gasteiger partial charge in [0, 0.05) is 40.0 Å². The molecule has 0 bridgehead atoms. The molecule has 2 saturated heterocycles. The number of amides is 2. The van der Waals surface area contributed by atoms with Crippen molar-refractivity contribution in [1.29, 1.82) is 0 Å². The lowest BCUT2D eigenvalue weighted by Crippen LogP contribution is -2.24. The molecule has 0 saturated carbocycles. The fraction of sp³-hybridized carbons (Fsp3) is 0.833. The summed E-state index contributed by atoms with van der Waals surface area (Å²) in [6.45, 7) is 7.19. The highest BCUT2D eigenvalue weighted by atomic mass is 16.2. The third kappa shape index (κ3) is 4.21. The quantitative estimate of drug-likeness (QED) is 0.624. The first-order valence-electron chi connectivity index (χ1n) is 6.12. The number of hydrogen-bond acceptors (Lipinski definition) is 2. The fourth-order valence-electron chi connectivity index (χ4n) is 2.06. The van der Waals surface area contributed by atoms with E-state index in [0.29, 0.717) is 0 Å². The maximum absolute atomic E-state index is 10.6. The minimum atomic E-state index is 0.225. The van der Waals surface area contributed by atoms with Crippen molar-refractivity contribution in [3.63, 3.8) is 0 Å². The van der Waals surface area contributed by atoms with Gasteiger partial charge in [-0.15, -0.1) is 0 Å². The van der Waals surface area contributed by atoms with Crippen LogP contribution >= 0.6 is 0 Å². The molecular formula is C12H22N2O2. The van der Waals surface area contributed by atoms with Crippen molar-refractivity contribution in [3.05, 3.63) is 0 Å². The third-order valence-corrected chi connectivity index (χ3v) is 3.10. The number of rotatable bonds is 0. The van der Waals surface area contributed by atoms with Crippen molar-refractivity contribution >= 4 is 11.8 Å². The smallest absolute Gasteiger partial charge is 0.219 e. The minimum Gasteiger partial charge on any atom is -0.343 e. The lowest BCUT2D eigenvalue weighted by Gasteiger charge is -2.10. The Kier molecular flexibility index (Phi) is 5.29. The van der Waals surface area contributed by atoms with Crippen LogP contribution in [0.1, 0.15) is 39.5 Å². The van der Waals surface area contributed by atoms with Crippen LogP contribution in [-0.2, 0) is 9.59 Å². The van der Waals surface area contributed by atoms with E-state index in [1.54, 1.807) is 13.8 Å². The van der Waals surface area contributed by atoms with Gasteiger partial charge in [-0.25, -0.2) is 0 Å². The predicted octanol–water partition coefficient (Wildman–Crippen LogP) is 1.26. The number of carbonyl (C=O) groups excluding carboxylic acids is 2. The summed E-state index contributed by atoms with van der Waals surface area (Å²) in [4.78, 5) is 24.9. The second-order valence-electron chi connectivity index (χ2n) is 4.43. The maximum Gasteiger partial charge on any atom is 0.219 e. The van der Waals surface area contributed by atoms with E-state index in [-0.39, 0.29) is 11.8 Å². The third-order valence-electron chi connectivity index (χ3n) is 3.10. The predicted molar refractivity (Wildman–Crippen MR) is 63.0 cm³/mol. The van der Waals surface area contributed by atoms with Gasteiger partial charge in [0.25, 0.3) is 0 Å². The first-order valence-corrected chi connectivity index (χ1v) is 6.12. The lowest BCUT2D eigenvalue weighted by atomic mass is 10.4. The molecule has 0 aromatic rings. The van der Waals surface area contributed by atoms with Gasteiger partial charge in [0.2, 0.25) is 11.8 Å². The van der Waals surface area contributed by atoms with Gasteiger partial charge >= 0.3 is 0 Å². The molecule has 0 aromatic carbocycles. The van der Waals surface area contributed by atoms with E-state index in [0.717, 1.165) is 26.2 Å². The first kappa shape index (κ1) is 13.0. The van der Waals surface area contributed by atoms with Crippen LogP contribution in [0.2, 0.25) is 0 Å². The molecule has 2 amide bonds. The van der Waals surface area contributed by atoms with Crippen LogP contribution in [0.5, 0.6) is 0 Å². The van der Waals surface area contributed by atoms with Crippen molar-refractivity contribution in [2.24, 2.45) is 0 Å². The van der Waals surface area contributed by atoms with Crippen LogP contribution in [-0.4, -0.2) is 47.8 Å². The molecule has 2 aliphatic rings. The SMILES string of the molecule is CC(=O)N1CCCC1.CC(=O)N1CCCC1. The van der Waals surface area contributed by atoms with Crippen LogP contribution in [0.4, 0.5) is 0 Å². The van der Waals surface area contributed by atoms with Gasteiger partial charge in [0.1, 0.15) is 0 Å². The molecule has 0 aliphatic carbocycles. The largest absolute Gasteiger partial charge is 0.343 e. The summed E-state index contributed by atoms with van der Waals surface area (Å²) in [5.41, 5.74) is 0. The van der Waals surface area contributed by atoms with Gasteiger partial charge in [-0.1, -0.05) is 0 Å². The van der Waals surface area contributed by atoms with E-state index in [2.05, 4.69) is 0 Å². The average molecular weight is 226 g/mol. The molecule has 0 radical (unpaired) electrons. The molecule has 4 nitrogen and oxygen atoms in total. The summed E-state index contributed by atoms with van der Waals surface area (Å²) in [5.74, 6) is 0.449. The zero-order chi connectivity index (χ0) is 12.0. The molecule has 0 aromatic heterocycles. The number of hydrogen-bond donors (Lipinski definition) is 0. The Morgan fingerprint density at radius 2 is 0.938 bits per heavy atom. The summed E-state index contributed by atoms with van der Waals surface area (Å²) < 4.78 is 0. The van der Waals surface area contributed by atoms with E-state index < -0.39 is 0 Å². The van der Waals surface area contributed by atoms with E-state index >= 15 is 0 Å². The van der Waals surface area contributed by atoms with Crippen molar-refractivity contribution in [1.82, 2.24) is 9.80 Å². The Labute approximate surface area is 97.6 Å². The van der Waals surface area contributed by atoms with Crippen molar-refractivity contribution in [2.45, 2.75) is 39.5 Å². The minimum absolute atomic E-state index is 0.225. The van der Waals surface area contributed by atoms with Crippen molar-refractivity contribution in [2.75, 3.05) is 26.2 Å².